The summed E-state index contributed by atoms with van der Waals surface area (Å²) in [6.45, 7) is 0.544. The van der Waals surface area contributed by atoms with Gasteiger partial charge in [-0.15, -0.1) is 0 Å². The number of benzene rings is 2. The number of nitrogens with zero attached hydrogens (tertiary/aromatic N) is 3. The number of amides is 1. The first-order valence-electron chi connectivity index (χ1n) is 10.4. The van der Waals surface area contributed by atoms with E-state index in [0.29, 0.717) is 51.9 Å². The summed E-state index contributed by atoms with van der Waals surface area (Å²) in [6.07, 6.45) is 2.33. The quantitative estimate of drug-likeness (QED) is 0.590. The third kappa shape index (κ3) is 3.82. The third-order valence-electron chi connectivity index (χ3n) is 5.78. The maximum atomic E-state index is 13.0. The van der Waals surface area contributed by atoms with Crippen LogP contribution in [-0.2, 0) is 24.4 Å². The van der Waals surface area contributed by atoms with E-state index in [0.717, 1.165) is 10.2 Å². The van der Waals surface area contributed by atoms with Gasteiger partial charge >= 0.3 is 5.97 Å². The molecule has 164 valence electrons. The van der Waals surface area contributed by atoms with Crippen LogP contribution in [0, 0.1) is 5.92 Å². The van der Waals surface area contributed by atoms with Crippen LogP contribution in [-0.4, -0.2) is 38.3 Å². The Labute approximate surface area is 188 Å². The Balaban J connectivity index is 1.46. The lowest BCUT2D eigenvalue weighted by Crippen LogP contribution is -2.30. The van der Waals surface area contributed by atoms with Gasteiger partial charge in [0.1, 0.15) is 12.3 Å². The number of carbonyl (C=O) groups excluding carboxylic acids is 1. The molecule has 2 heterocycles. The average molecular weight is 454 g/mol. The zero-order valence-electron chi connectivity index (χ0n) is 17.1. The number of carbonyl (C=O) groups is 2. The molecule has 1 saturated carbocycles. The first-order valence-corrected chi connectivity index (χ1v) is 10.7. The van der Waals surface area contributed by atoms with E-state index in [4.69, 9.17) is 21.4 Å². The Bertz CT molecular complexity index is 1310. The molecule has 1 aliphatic carbocycles. The number of hydrogen-bond donors (Lipinski definition) is 1. The number of carboxylic acid groups (broad SMARTS) is 1. The molecule has 9 heteroatoms. The highest BCUT2D eigenvalue weighted by atomic mass is 35.5. The van der Waals surface area contributed by atoms with Gasteiger partial charge in [0.2, 0.25) is 0 Å². The van der Waals surface area contributed by atoms with Crippen LogP contribution < -0.4 is 10.3 Å². The summed E-state index contributed by atoms with van der Waals surface area (Å²) < 4.78 is 6.76. The maximum Gasteiger partial charge on any atom is 0.325 e. The molecule has 0 radical (unpaired) electrons. The molecule has 5 rings (SSSR count). The molecule has 1 amide bonds. The molecule has 1 aliphatic heterocycles. The maximum absolute atomic E-state index is 13.0. The Kier molecular flexibility index (Phi) is 5.09. The minimum absolute atomic E-state index is 0.129. The molecule has 0 atom stereocenters. The number of hydrogen-bond acceptors (Lipinski definition) is 5. The Morgan fingerprint density at radius 2 is 1.94 bits per heavy atom. The molecular formula is C23H20ClN3O5. The number of fused-ring (bicyclic) bond motifs is 2. The smallest absolute Gasteiger partial charge is 0.325 e. The lowest BCUT2D eigenvalue weighted by atomic mass is 10.1. The zero-order valence-corrected chi connectivity index (χ0v) is 17.8. The third-order valence-corrected chi connectivity index (χ3v) is 6.07. The molecule has 1 N–H and O–H groups in total. The van der Waals surface area contributed by atoms with Gasteiger partial charge in [0.05, 0.1) is 29.3 Å². The second-order valence-corrected chi connectivity index (χ2v) is 8.61. The van der Waals surface area contributed by atoms with Gasteiger partial charge in [-0.05, 0) is 42.5 Å². The molecule has 3 aromatic rings. The molecule has 0 unspecified atom stereocenters. The van der Waals surface area contributed by atoms with Crippen LogP contribution in [0.1, 0.15) is 34.5 Å². The second-order valence-electron chi connectivity index (χ2n) is 8.20. The summed E-state index contributed by atoms with van der Waals surface area (Å²) in [5.41, 5.74) is 1.30. The number of halogens is 1. The van der Waals surface area contributed by atoms with E-state index < -0.39 is 18.1 Å². The van der Waals surface area contributed by atoms with Crippen LogP contribution in [0.3, 0.4) is 0 Å². The van der Waals surface area contributed by atoms with Crippen LogP contribution in [0.2, 0.25) is 5.02 Å². The highest BCUT2D eigenvalue weighted by Crippen LogP contribution is 2.36. The van der Waals surface area contributed by atoms with Crippen LogP contribution in [0.15, 0.2) is 41.2 Å². The van der Waals surface area contributed by atoms with E-state index >= 15 is 0 Å². The monoisotopic (exact) mass is 453 g/mol. The van der Waals surface area contributed by atoms with Gasteiger partial charge in [-0.1, -0.05) is 29.8 Å². The highest BCUT2D eigenvalue weighted by molar-refractivity contribution is 6.32. The van der Waals surface area contributed by atoms with Gasteiger partial charge in [-0.2, -0.15) is 5.10 Å². The highest BCUT2D eigenvalue weighted by Gasteiger charge is 2.30. The minimum Gasteiger partial charge on any atom is -0.492 e. The SMILES string of the molecule is O=C(O)Cn1nc(CN2Cc3cc(OCC4CC4)c(Cl)cc3C2=O)c2ccccc2c1=O. The Morgan fingerprint density at radius 1 is 1.19 bits per heavy atom. The zero-order chi connectivity index (χ0) is 22.4. The molecule has 0 bridgehead atoms. The standard InChI is InChI=1S/C23H20ClN3O5/c24-18-8-17-14(7-20(18)32-12-13-5-6-13)9-26(22(17)30)10-19-15-3-1-2-4-16(15)23(31)27(25-19)11-21(28)29/h1-4,7-8,13H,5-6,9-12H2,(H,28,29). The van der Waals surface area contributed by atoms with Crippen molar-refractivity contribution in [3.63, 3.8) is 0 Å². The topological polar surface area (TPSA) is 102 Å². The second kappa shape index (κ2) is 7.94. The lowest BCUT2D eigenvalue weighted by molar-refractivity contribution is -0.138. The lowest BCUT2D eigenvalue weighted by Gasteiger charge is -2.17. The summed E-state index contributed by atoms with van der Waals surface area (Å²) in [7, 11) is 0. The van der Waals surface area contributed by atoms with E-state index in [1.54, 1.807) is 35.2 Å². The summed E-state index contributed by atoms with van der Waals surface area (Å²) >= 11 is 6.35. The van der Waals surface area contributed by atoms with E-state index in [9.17, 15) is 14.4 Å². The summed E-state index contributed by atoms with van der Waals surface area (Å²) in [6, 6.07) is 10.3. The van der Waals surface area contributed by atoms with E-state index in [1.807, 2.05) is 6.07 Å². The number of carboxylic acids is 1. The largest absolute Gasteiger partial charge is 0.492 e. The van der Waals surface area contributed by atoms with E-state index in [2.05, 4.69) is 5.10 Å². The van der Waals surface area contributed by atoms with Crippen molar-refractivity contribution in [3.8, 4) is 5.75 Å². The number of aromatic nitrogens is 2. The van der Waals surface area contributed by atoms with Crippen molar-refractivity contribution in [2.45, 2.75) is 32.5 Å². The Hall–Kier alpha value is -3.39. The number of aliphatic carboxylic acids is 1. The fourth-order valence-corrected chi connectivity index (χ4v) is 4.16. The summed E-state index contributed by atoms with van der Waals surface area (Å²) in [4.78, 5) is 38.5. The summed E-state index contributed by atoms with van der Waals surface area (Å²) in [5.74, 6) is -0.208. The molecule has 0 spiro atoms. The van der Waals surface area contributed by atoms with Gasteiger partial charge in [0.25, 0.3) is 11.5 Å². The predicted octanol–water partition coefficient (Wildman–Crippen LogP) is 3.08. The van der Waals surface area contributed by atoms with E-state index in [1.165, 1.54) is 12.8 Å². The van der Waals surface area contributed by atoms with Crippen LogP contribution >= 0.6 is 11.6 Å². The van der Waals surface area contributed by atoms with Crippen molar-refractivity contribution in [1.82, 2.24) is 14.7 Å². The molecular weight excluding hydrogens is 434 g/mol. The Morgan fingerprint density at radius 3 is 2.66 bits per heavy atom. The molecule has 8 nitrogen and oxygen atoms in total. The fraction of sp³-hybridized carbons (Fsp3) is 0.304. The van der Waals surface area contributed by atoms with E-state index in [-0.39, 0.29) is 12.5 Å². The van der Waals surface area contributed by atoms with Gasteiger partial charge in [0.15, 0.2) is 0 Å². The van der Waals surface area contributed by atoms with Crippen molar-refractivity contribution >= 4 is 34.2 Å². The first-order chi connectivity index (χ1) is 15.4. The molecule has 0 saturated heterocycles. The number of ether oxygens (including phenoxy) is 1. The van der Waals surface area contributed by atoms with Gasteiger partial charge < -0.3 is 14.7 Å². The average Bonchev–Trinajstić information content (AvgIpc) is 3.55. The molecule has 2 aliphatic rings. The molecule has 1 fully saturated rings. The van der Waals surface area contributed by atoms with Crippen molar-refractivity contribution in [2.24, 2.45) is 5.92 Å². The fourth-order valence-electron chi connectivity index (χ4n) is 3.94. The van der Waals surface area contributed by atoms with Crippen LogP contribution in [0.5, 0.6) is 5.75 Å². The molecule has 2 aromatic carbocycles. The van der Waals surface area contributed by atoms with Crippen molar-refractivity contribution < 1.29 is 19.4 Å². The first kappa shape index (κ1) is 20.5. The van der Waals surface area contributed by atoms with Crippen molar-refractivity contribution in [1.29, 1.82) is 0 Å². The predicted molar refractivity (Wildman–Crippen MR) is 117 cm³/mol. The van der Waals surface area contributed by atoms with Crippen LogP contribution in [0.4, 0.5) is 0 Å². The minimum atomic E-state index is -1.17. The van der Waals surface area contributed by atoms with Gasteiger partial charge in [-0.3, -0.25) is 14.4 Å². The van der Waals surface area contributed by atoms with Crippen molar-refractivity contribution in [3.05, 3.63) is 68.6 Å². The van der Waals surface area contributed by atoms with Crippen molar-refractivity contribution in [2.75, 3.05) is 6.61 Å². The normalized spacial score (nSPS) is 15.3. The van der Waals surface area contributed by atoms with Crippen LogP contribution in [0.25, 0.3) is 10.8 Å². The molecule has 32 heavy (non-hydrogen) atoms. The molecule has 1 aromatic heterocycles. The van der Waals surface area contributed by atoms with Gasteiger partial charge in [0, 0.05) is 17.5 Å². The van der Waals surface area contributed by atoms with Gasteiger partial charge in [-0.25, -0.2) is 4.68 Å². The number of rotatable bonds is 7. The summed E-state index contributed by atoms with van der Waals surface area (Å²) in [5, 5.41) is 14.8.